The van der Waals surface area contributed by atoms with Crippen LogP contribution in [0.5, 0.6) is 0 Å². The summed E-state index contributed by atoms with van der Waals surface area (Å²) in [5.74, 6) is 0. The fourth-order valence-electron chi connectivity index (χ4n) is 2.50. The van der Waals surface area contributed by atoms with Gasteiger partial charge in [0, 0.05) is 32.7 Å². The summed E-state index contributed by atoms with van der Waals surface area (Å²) in [6, 6.07) is 0.363. The number of nitrogens with one attached hydrogen (secondary N) is 1. The van der Waals surface area contributed by atoms with E-state index >= 15 is 0 Å². The molecule has 2 saturated heterocycles. The van der Waals surface area contributed by atoms with Crippen molar-refractivity contribution < 1.29 is 8.42 Å². The Labute approximate surface area is 104 Å². The maximum Gasteiger partial charge on any atom is 0.282 e. The van der Waals surface area contributed by atoms with Gasteiger partial charge in [-0.05, 0) is 25.8 Å². The zero-order valence-electron chi connectivity index (χ0n) is 9.72. The van der Waals surface area contributed by atoms with Crippen LogP contribution in [0.3, 0.4) is 0 Å². The van der Waals surface area contributed by atoms with Crippen molar-refractivity contribution in [1.29, 1.82) is 0 Å². The first-order valence-corrected chi connectivity index (χ1v) is 6.85. The van der Waals surface area contributed by atoms with E-state index in [9.17, 15) is 8.42 Å². The molecule has 0 saturated carbocycles. The highest BCUT2D eigenvalue weighted by molar-refractivity contribution is 7.86. The standard InChI is InChI=1S/C9H19N3O2S.ClH/c1-11(2)15(13,14)12-8-3-4-9(12)7-10-6-5-8;/h8-10H,3-7H2,1-2H3;1H. The molecule has 2 aliphatic rings. The van der Waals surface area contributed by atoms with E-state index < -0.39 is 10.2 Å². The van der Waals surface area contributed by atoms with Crippen molar-refractivity contribution in [2.45, 2.75) is 31.3 Å². The normalized spacial score (nSPS) is 31.2. The van der Waals surface area contributed by atoms with Gasteiger partial charge in [-0.1, -0.05) is 0 Å². The molecule has 1 N–H and O–H groups in total. The SMILES string of the molecule is CN(C)S(=O)(=O)N1C2CCNCC1CC2.Cl. The summed E-state index contributed by atoms with van der Waals surface area (Å²) in [6.07, 6.45) is 2.94. The molecule has 0 aromatic carbocycles. The lowest BCUT2D eigenvalue weighted by Gasteiger charge is -2.29. The maximum atomic E-state index is 12.1. The van der Waals surface area contributed by atoms with Crippen LogP contribution >= 0.6 is 12.4 Å². The van der Waals surface area contributed by atoms with E-state index in [0.717, 1.165) is 32.4 Å². The zero-order valence-corrected chi connectivity index (χ0v) is 11.4. The van der Waals surface area contributed by atoms with Crippen molar-refractivity contribution >= 4 is 22.6 Å². The van der Waals surface area contributed by atoms with Gasteiger partial charge in [0.2, 0.25) is 0 Å². The zero-order chi connectivity index (χ0) is 11.1. The molecule has 2 unspecified atom stereocenters. The van der Waals surface area contributed by atoms with E-state index in [0.29, 0.717) is 0 Å². The molecule has 2 atom stereocenters. The molecule has 0 amide bonds. The Morgan fingerprint density at radius 3 is 2.44 bits per heavy atom. The molecule has 16 heavy (non-hydrogen) atoms. The first-order chi connectivity index (χ1) is 7.03. The van der Waals surface area contributed by atoms with Crippen molar-refractivity contribution in [2.75, 3.05) is 27.2 Å². The first kappa shape index (κ1) is 14.2. The van der Waals surface area contributed by atoms with Gasteiger partial charge in [0.25, 0.3) is 10.2 Å². The van der Waals surface area contributed by atoms with E-state index in [4.69, 9.17) is 0 Å². The molecule has 5 nitrogen and oxygen atoms in total. The van der Waals surface area contributed by atoms with Crippen LogP contribution in [0, 0.1) is 0 Å². The molecule has 0 aromatic heterocycles. The Kier molecular flexibility index (Phi) is 4.59. The summed E-state index contributed by atoms with van der Waals surface area (Å²) in [4.78, 5) is 0. The topological polar surface area (TPSA) is 52.7 Å². The van der Waals surface area contributed by atoms with Gasteiger partial charge >= 0.3 is 0 Å². The Hall–Kier alpha value is 0.120. The fraction of sp³-hybridized carbons (Fsp3) is 1.00. The summed E-state index contributed by atoms with van der Waals surface area (Å²) in [5.41, 5.74) is 0. The molecule has 2 heterocycles. The van der Waals surface area contributed by atoms with Crippen LogP contribution < -0.4 is 5.32 Å². The molecule has 0 spiro atoms. The van der Waals surface area contributed by atoms with Crippen LogP contribution in [0.15, 0.2) is 0 Å². The molecular formula is C9H20ClN3O2S. The average molecular weight is 270 g/mol. The Bertz CT molecular complexity index is 320. The monoisotopic (exact) mass is 269 g/mol. The third kappa shape index (κ3) is 2.36. The molecular weight excluding hydrogens is 250 g/mol. The minimum atomic E-state index is -3.23. The van der Waals surface area contributed by atoms with Crippen molar-refractivity contribution in [3.05, 3.63) is 0 Å². The van der Waals surface area contributed by atoms with Crippen LogP contribution in [0.4, 0.5) is 0 Å². The van der Waals surface area contributed by atoms with Crippen LogP contribution in [-0.2, 0) is 10.2 Å². The third-order valence-corrected chi connectivity index (χ3v) is 5.37. The van der Waals surface area contributed by atoms with E-state index in [1.165, 1.54) is 4.31 Å². The molecule has 2 rings (SSSR count). The number of rotatable bonds is 2. The Morgan fingerprint density at radius 1 is 1.19 bits per heavy atom. The molecule has 0 radical (unpaired) electrons. The predicted molar refractivity (Wildman–Crippen MR) is 66.0 cm³/mol. The minimum Gasteiger partial charge on any atom is -0.315 e. The highest BCUT2D eigenvalue weighted by Gasteiger charge is 2.43. The van der Waals surface area contributed by atoms with Crippen molar-refractivity contribution in [3.8, 4) is 0 Å². The van der Waals surface area contributed by atoms with Gasteiger partial charge < -0.3 is 5.32 Å². The first-order valence-electron chi connectivity index (χ1n) is 5.45. The highest BCUT2D eigenvalue weighted by atomic mass is 35.5. The third-order valence-electron chi connectivity index (χ3n) is 3.32. The molecule has 0 aliphatic carbocycles. The second-order valence-electron chi connectivity index (χ2n) is 4.50. The van der Waals surface area contributed by atoms with E-state index in [1.807, 2.05) is 0 Å². The van der Waals surface area contributed by atoms with Gasteiger partial charge in [0.05, 0.1) is 0 Å². The lowest BCUT2D eigenvalue weighted by atomic mass is 10.1. The largest absolute Gasteiger partial charge is 0.315 e. The summed E-state index contributed by atoms with van der Waals surface area (Å²) in [6.45, 7) is 1.73. The second kappa shape index (κ2) is 5.18. The number of halogens is 1. The predicted octanol–water partition coefficient (Wildman–Crippen LogP) is 0.0409. The Morgan fingerprint density at radius 2 is 1.81 bits per heavy atom. The average Bonchev–Trinajstić information content (AvgIpc) is 2.39. The molecule has 0 aromatic rings. The van der Waals surface area contributed by atoms with Crippen LogP contribution in [0.1, 0.15) is 19.3 Å². The lowest BCUT2D eigenvalue weighted by molar-refractivity contribution is 0.311. The van der Waals surface area contributed by atoms with Gasteiger partial charge in [0.15, 0.2) is 0 Å². The van der Waals surface area contributed by atoms with E-state index in [2.05, 4.69) is 5.32 Å². The van der Waals surface area contributed by atoms with Gasteiger partial charge in [-0.25, -0.2) is 0 Å². The number of nitrogens with zero attached hydrogens (tertiary/aromatic N) is 2. The maximum absolute atomic E-state index is 12.1. The molecule has 2 fully saturated rings. The quantitative estimate of drug-likeness (QED) is 0.770. The molecule has 96 valence electrons. The van der Waals surface area contributed by atoms with Crippen molar-refractivity contribution in [1.82, 2.24) is 13.9 Å². The lowest BCUT2D eigenvalue weighted by Crippen LogP contribution is -2.47. The molecule has 7 heteroatoms. The van der Waals surface area contributed by atoms with Gasteiger partial charge in [0.1, 0.15) is 0 Å². The van der Waals surface area contributed by atoms with Crippen LogP contribution in [0.25, 0.3) is 0 Å². The van der Waals surface area contributed by atoms with Gasteiger partial charge in [-0.3, -0.25) is 0 Å². The smallest absolute Gasteiger partial charge is 0.282 e. The van der Waals surface area contributed by atoms with Crippen molar-refractivity contribution in [3.63, 3.8) is 0 Å². The number of hydrogen-bond donors (Lipinski definition) is 1. The number of fused-ring (bicyclic) bond motifs is 2. The molecule has 2 bridgehead atoms. The van der Waals surface area contributed by atoms with Gasteiger partial charge in [-0.2, -0.15) is 17.0 Å². The number of hydrogen-bond acceptors (Lipinski definition) is 3. The minimum absolute atomic E-state index is 0. The highest BCUT2D eigenvalue weighted by Crippen LogP contribution is 2.31. The summed E-state index contributed by atoms with van der Waals surface area (Å²) in [7, 11) is -0.0240. The fourth-order valence-corrected chi connectivity index (χ4v) is 4.03. The van der Waals surface area contributed by atoms with Gasteiger partial charge in [-0.15, -0.1) is 12.4 Å². The summed E-state index contributed by atoms with van der Waals surface area (Å²) in [5, 5.41) is 3.30. The van der Waals surface area contributed by atoms with Crippen LogP contribution in [0.2, 0.25) is 0 Å². The van der Waals surface area contributed by atoms with Crippen LogP contribution in [-0.4, -0.2) is 56.3 Å². The van der Waals surface area contributed by atoms with E-state index in [1.54, 1.807) is 18.4 Å². The summed E-state index contributed by atoms with van der Waals surface area (Å²) < 4.78 is 27.3. The second-order valence-corrected chi connectivity index (χ2v) is 6.55. The molecule has 2 aliphatic heterocycles. The van der Waals surface area contributed by atoms with Crippen molar-refractivity contribution in [2.24, 2.45) is 0 Å². The summed E-state index contributed by atoms with van der Waals surface area (Å²) >= 11 is 0. The Balaban J connectivity index is 0.00000128. The van der Waals surface area contributed by atoms with E-state index in [-0.39, 0.29) is 24.5 Å².